The van der Waals surface area contributed by atoms with Crippen molar-refractivity contribution in [2.24, 2.45) is 11.8 Å². The van der Waals surface area contributed by atoms with Crippen molar-refractivity contribution < 1.29 is 33.8 Å². The summed E-state index contributed by atoms with van der Waals surface area (Å²) in [5.74, 6) is -1.85. The van der Waals surface area contributed by atoms with Crippen LogP contribution in [0.15, 0.2) is 54.7 Å². The zero-order chi connectivity index (χ0) is 29.8. The number of carboxylic acids is 1. The van der Waals surface area contributed by atoms with Crippen molar-refractivity contribution in [3.8, 4) is 0 Å². The van der Waals surface area contributed by atoms with Gasteiger partial charge in [0, 0.05) is 25.2 Å². The van der Waals surface area contributed by atoms with Crippen LogP contribution in [-0.4, -0.2) is 83.3 Å². The van der Waals surface area contributed by atoms with Crippen LogP contribution in [0, 0.1) is 11.8 Å². The van der Waals surface area contributed by atoms with Crippen LogP contribution in [-0.2, 0) is 30.5 Å². The van der Waals surface area contributed by atoms with Crippen molar-refractivity contribution in [1.82, 2.24) is 20.5 Å². The first kappa shape index (κ1) is 31.3. The Morgan fingerprint density at radius 1 is 1.07 bits per heavy atom. The van der Waals surface area contributed by atoms with Gasteiger partial charge in [0.05, 0.1) is 18.7 Å². The number of pyridine rings is 1. The number of nitrogens with one attached hydrogen (secondary N) is 3. The summed E-state index contributed by atoms with van der Waals surface area (Å²) in [6, 6.07) is 13.3. The molecule has 3 rings (SSSR count). The minimum atomic E-state index is -1.27. The molecule has 4 atom stereocenters. The van der Waals surface area contributed by atoms with Crippen LogP contribution in [0.3, 0.4) is 0 Å². The van der Waals surface area contributed by atoms with E-state index in [-0.39, 0.29) is 44.2 Å². The second-order valence-corrected chi connectivity index (χ2v) is 10.3. The fourth-order valence-corrected chi connectivity index (χ4v) is 4.17. The molecule has 1 aromatic carbocycles. The van der Waals surface area contributed by atoms with Gasteiger partial charge in [-0.25, -0.2) is 14.6 Å². The van der Waals surface area contributed by atoms with E-state index in [9.17, 15) is 24.3 Å². The van der Waals surface area contributed by atoms with Crippen LogP contribution in [0.1, 0.15) is 32.8 Å². The Balaban J connectivity index is 1.52. The van der Waals surface area contributed by atoms with E-state index < -0.39 is 36.0 Å². The molecule has 12 nitrogen and oxygen atoms in total. The highest BCUT2D eigenvalue weighted by atomic mass is 16.6. The molecule has 3 amide bonds. The van der Waals surface area contributed by atoms with Crippen LogP contribution in [0.25, 0.3) is 0 Å². The summed E-state index contributed by atoms with van der Waals surface area (Å²) in [6.07, 6.45) is 1.18. The van der Waals surface area contributed by atoms with Crippen LogP contribution < -0.4 is 16.0 Å². The van der Waals surface area contributed by atoms with Gasteiger partial charge in [0.2, 0.25) is 11.8 Å². The first-order valence-electron chi connectivity index (χ1n) is 13.7. The van der Waals surface area contributed by atoms with Crippen LogP contribution >= 0.6 is 0 Å². The fraction of sp³-hybridized carbons (Fsp3) is 0.483. The maximum atomic E-state index is 13.0. The van der Waals surface area contributed by atoms with E-state index in [1.807, 2.05) is 62.4 Å². The monoisotopic (exact) mass is 569 g/mol. The first-order valence-corrected chi connectivity index (χ1v) is 13.7. The number of likely N-dealkylation sites (tertiary alicyclic amines) is 1. The molecule has 0 radical (unpaired) electrons. The number of hydrogen-bond donors (Lipinski definition) is 4. The van der Waals surface area contributed by atoms with Gasteiger partial charge in [0.25, 0.3) is 0 Å². The number of amides is 3. The molecular formula is C29H39N5O7. The number of aromatic nitrogens is 1. The molecule has 1 fully saturated rings. The average Bonchev–Trinajstić information content (AvgIpc) is 3.39. The molecule has 1 aromatic heterocycles. The number of ether oxygens (including phenoxy) is 2. The molecule has 0 aliphatic carbocycles. The molecule has 1 aliphatic heterocycles. The molecule has 4 N–H and O–H groups in total. The predicted molar refractivity (Wildman–Crippen MR) is 151 cm³/mol. The van der Waals surface area contributed by atoms with Crippen LogP contribution in [0.5, 0.6) is 0 Å². The highest BCUT2D eigenvalue weighted by Gasteiger charge is 2.37. The van der Waals surface area contributed by atoms with E-state index in [1.54, 1.807) is 18.0 Å². The third-order valence-electron chi connectivity index (χ3n) is 6.98. The summed E-state index contributed by atoms with van der Waals surface area (Å²) in [5, 5.41) is 17.6. The Kier molecular flexibility index (Phi) is 11.9. The molecule has 41 heavy (non-hydrogen) atoms. The number of carbonyl (C=O) groups is 4. The van der Waals surface area contributed by atoms with Gasteiger partial charge in [-0.3, -0.25) is 9.59 Å². The number of carboxylic acid groups (broad SMARTS) is 1. The summed E-state index contributed by atoms with van der Waals surface area (Å²) in [5.41, 5.74) is 0.863. The lowest BCUT2D eigenvalue weighted by Gasteiger charge is -2.24. The topological polar surface area (TPSA) is 159 Å². The van der Waals surface area contributed by atoms with Crippen molar-refractivity contribution in [1.29, 1.82) is 0 Å². The number of hydrogen-bond acceptors (Lipinski definition) is 8. The van der Waals surface area contributed by atoms with Crippen LogP contribution in [0.4, 0.5) is 10.6 Å². The van der Waals surface area contributed by atoms with Crippen molar-refractivity contribution in [2.75, 3.05) is 31.6 Å². The number of benzene rings is 1. The summed E-state index contributed by atoms with van der Waals surface area (Å²) >= 11 is 0. The van der Waals surface area contributed by atoms with Gasteiger partial charge < -0.3 is 35.4 Å². The SMILES string of the molecule is CC(C)C(C)C(=O)NC(CNC(=O)COC1CC(CNc2ccccn2)N(C(=O)OCc2ccccc2)C1)C(=O)O. The largest absolute Gasteiger partial charge is 0.480 e. The van der Waals surface area contributed by atoms with Gasteiger partial charge in [0.1, 0.15) is 25.1 Å². The summed E-state index contributed by atoms with van der Waals surface area (Å²) in [4.78, 5) is 55.1. The van der Waals surface area contributed by atoms with Crippen molar-refractivity contribution >= 4 is 29.7 Å². The van der Waals surface area contributed by atoms with E-state index in [4.69, 9.17) is 9.47 Å². The Labute approximate surface area is 239 Å². The maximum absolute atomic E-state index is 13.0. The van der Waals surface area contributed by atoms with Gasteiger partial charge in [-0.15, -0.1) is 0 Å². The molecule has 0 spiro atoms. The third-order valence-corrected chi connectivity index (χ3v) is 6.98. The highest BCUT2D eigenvalue weighted by Crippen LogP contribution is 2.22. The van der Waals surface area contributed by atoms with E-state index in [0.717, 1.165) is 5.56 Å². The average molecular weight is 570 g/mol. The first-order chi connectivity index (χ1) is 19.6. The van der Waals surface area contributed by atoms with Gasteiger partial charge in [0.15, 0.2) is 0 Å². The molecule has 4 unspecified atom stereocenters. The molecule has 222 valence electrons. The van der Waals surface area contributed by atoms with Crippen LogP contribution in [0.2, 0.25) is 0 Å². The quantitative estimate of drug-likeness (QED) is 0.268. The molecule has 12 heteroatoms. The zero-order valence-electron chi connectivity index (χ0n) is 23.6. The Morgan fingerprint density at radius 2 is 1.80 bits per heavy atom. The fourth-order valence-electron chi connectivity index (χ4n) is 4.17. The van der Waals surface area contributed by atoms with Gasteiger partial charge in [-0.1, -0.05) is 57.2 Å². The molecule has 1 saturated heterocycles. The Morgan fingerprint density at radius 3 is 2.46 bits per heavy atom. The van der Waals surface area contributed by atoms with Gasteiger partial charge >= 0.3 is 12.1 Å². The highest BCUT2D eigenvalue weighted by molar-refractivity contribution is 5.86. The van der Waals surface area contributed by atoms with Gasteiger partial charge in [-0.2, -0.15) is 0 Å². The predicted octanol–water partition coefficient (Wildman–Crippen LogP) is 2.27. The van der Waals surface area contributed by atoms with E-state index in [2.05, 4.69) is 20.9 Å². The maximum Gasteiger partial charge on any atom is 0.410 e. The number of carbonyl (C=O) groups excluding carboxylic acids is 3. The Hall–Kier alpha value is -4.19. The molecule has 0 bridgehead atoms. The molecule has 2 aromatic rings. The molecule has 2 heterocycles. The minimum Gasteiger partial charge on any atom is -0.480 e. The number of anilines is 1. The lowest BCUT2D eigenvalue weighted by molar-refractivity contribution is -0.142. The standard InChI is InChI=1S/C29H39N5O7/c1-19(2)20(3)27(36)33-24(28(37)38)15-32-26(35)18-40-23-13-22(14-31-25-11-7-8-12-30-25)34(16-23)29(39)41-17-21-9-5-4-6-10-21/h4-12,19-20,22-24H,13-18H2,1-3H3,(H,30,31)(H,32,35)(H,33,36)(H,37,38). The van der Waals surface area contributed by atoms with Gasteiger partial charge in [-0.05, 0) is 30.0 Å². The zero-order valence-corrected chi connectivity index (χ0v) is 23.6. The van der Waals surface area contributed by atoms with E-state index in [0.29, 0.717) is 18.8 Å². The number of aliphatic carboxylic acids is 1. The Bertz CT molecular complexity index is 1150. The lowest BCUT2D eigenvalue weighted by Crippen LogP contribution is -2.50. The molecular weight excluding hydrogens is 530 g/mol. The van der Waals surface area contributed by atoms with E-state index >= 15 is 0 Å². The van der Waals surface area contributed by atoms with E-state index in [1.165, 1.54) is 0 Å². The molecule has 0 saturated carbocycles. The van der Waals surface area contributed by atoms with Crippen molar-refractivity contribution in [3.63, 3.8) is 0 Å². The van der Waals surface area contributed by atoms with Crippen molar-refractivity contribution in [3.05, 3.63) is 60.3 Å². The second-order valence-electron chi connectivity index (χ2n) is 10.3. The summed E-state index contributed by atoms with van der Waals surface area (Å²) in [7, 11) is 0. The normalized spacial score (nSPS) is 17.9. The number of rotatable bonds is 14. The minimum absolute atomic E-state index is 0.0389. The smallest absolute Gasteiger partial charge is 0.410 e. The molecule has 1 aliphatic rings. The van der Waals surface area contributed by atoms with Crippen molar-refractivity contribution in [2.45, 2.75) is 52.0 Å². The third kappa shape index (κ3) is 10.1. The summed E-state index contributed by atoms with van der Waals surface area (Å²) < 4.78 is 11.3. The second kappa shape index (κ2) is 15.6. The summed E-state index contributed by atoms with van der Waals surface area (Å²) in [6.45, 7) is 5.58. The number of nitrogens with zero attached hydrogens (tertiary/aromatic N) is 2. The lowest BCUT2D eigenvalue weighted by atomic mass is 9.97.